The Morgan fingerprint density at radius 2 is 1.93 bits per heavy atom. The summed E-state index contributed by atoms with van der Waals surface area (Å²) in [5, 5.41) is 8.91. The molecule has 1 nitrogen and oxygen atoms in total. The van der Waals surface area contributed by atoms with Crippen LogP contribution < -0.4 is 0 Å². The normalized spacial score (nSPS) is 14.1. The largest absolute Gasteiger partial charge is 0.418 e. The average Bonchev–Trinajstić information content (AvgIpc) is 2.07. The Morgan fingerprint density at radius 1 is 1.36 bits per heavy atom. The van der Waals surface area contributed by atoms with E-state index in [4.69, 9.17) is 16.7 Å². The van der Waals surface area contributed by atoms with Crippen molar-refractivity contribution in [2.75, 3.05) is 0 Å². The third-order valence-electron chi connectivity index (χ3n) is 1.83. The predicted molar refractivity (Wildman–Crippen MR) is 47.2 cm³/mol. The van der Waals surface area contributed by atoms with E-state index in [1.807, 2.05) is 0 Å². The number of rotatable bonds is 1. The van der Waals surface area contributed by atoms with Crippen molar-refractivity contribution in [3.63, 3.8) is 0 Å². The zero-order valence-corrected chi connectivity index (χ0v) is 8.02. The molecule has 1 aromatic carbocycles. The number of benzene rings is 1. The number of hydrogen-bond donors (Lipinski definition) is 1. The standard InChI is InChI=1S/C9H8ClF3O/c1-5-3-2-4-6(7(5)10)8(14)9(11,12)13/h2-4,8,14H,1H3/t8-/m1/s1. The van der Waals surface area contributed by atoms with E-state index in [1.165, 1.54) is 6.07 Å². The van der Waals surface area contributed by atoms with Crippen LogP contribution in [0.15, 0.2) is 18.2 Å². The van der Waals surface area contributed by atoms with E-state index < -0.39 is 12.3 Å². The van der Waals surface area contributed by atoms with Crippen molar-refractivity contribution in [1.82, 2.24) is 0 Å². The summed E-state index contributed by atoms with van der Waals surface area (Å²) in [7, 11) is 0. The summed E-state index contributed by atoms with van der Waals surface area (Å²) in [6.45, 7) is 1.58. The van der Waals surface area contributed by atoms with Gasteiger partial charge in [-0.3, -0.25) is 0 Å². The first-order valence-corrected chi connectivity index (χ1v) is 4.21. The summed E-state index contributed by atoms with van der Waals surface area (Å²) in [5.74, 6) is 0. The lowest BCUT2D eigenvalue weighted by atomic mass is 10.1. The maximum Gasteiger partial charge on any atom is 0.418 e. The van der Waals surface area contributed by atoms with Crippen LogP contribution in [-0.2, 0) is 0 Å². The number of aryl methyl sites for hydroxylation is 1. The first-order chi connectivity index (χ1) is 6.34. The van der Waals surface area contributed by atoms with Crippen molar-refractivity contribution >= 4 is 11.6 Å². The van der Waals surface area contributed by atoms with Gasteiger partial charge in [-0.15, -0.1) is 0 Å². The quantitative estimate of drug-likeness (QED) is 0.777. The number of hydrogen-bond acceptors (Lipinski definition) is 1. The molecule has 0 fully saturated rings. The van der Waals surface area contributed by atoms with Crippen LogP contribution in [0.2, 0.25) is 5.02 Å². The first-order valence-electron chi connectivity index (χ1n) is 3.84. The van der Waals surface area contributed by atoms with Gasteiger partial charge in [0.2, 0.25) is 0 Å². The number of alkyl halides is 3. The number of halogens is 4. The third-order valence-corrected chi connectivity index (χ3v) is 2.34. The molecule has 78 valence electrons. The van der Waals surface area contributed by atoms with Crippen LogP contribution in [0.5, 0.6) is 0 Å². The zero-order valence-electron chi connectivity index (χ0n) is 7.27. The molecule has 14 heavy (non-hydrogen) atoms. The van der Waals surface area contributed by atoms with Gasteiger partial charge in [-0.25, -0.2) is 0 Å². The molecule has 0 bridgehead atoms. The van der Waals surface area contributed by atoms with Gasteiger partial charge in [0.25, 0.3) is 0 Å². The molecule has 0 radical (unpaired) electrons. The van der Waals surface area contributed by atoms with E-state index in [1.54, 1.807) is 13.0 Å². The molecule has 0 unspecified atom stereocenters. The smallest absolute Gasteiger partial charge is 0.379 e. The zero-order chi connectivity index (χ0) is 10.9. The number of aliphatic hydroxyl groups is 1. The van der Waals surface area contributed by atoms with Crippen LogP contribution in [0.1, 0.15) is 17.2 Å². The predicted octanol–water partition coefficient (Wildman–Crippen LogP) is 3.24. The molecule has 1 rings (SSSR count). The summed E-state index contributed by atoms with van der Waals surface area (Å²) >= 11 is 5.63. The molecule has 0 saturated heterocycles. The van der Waals surface area contributed by atoms with E-state index in [-0.39, 0.29) is 10.6 Å². The minimum Gasteiger partial charge on any atom is -0.379 e. The molecule has 0 amide bonds. The molecule has 1 aromatic rings. The van der Waals surface area contributed by atoms with E-state index in [0.29, 0.717) is 5.56 Å². The van der Waals surface area contributed by atoms with Gasteiger partial charge >= 0.3 is 6.18 Å². The van der Waals surface area contributed by atoms with Gasteiger partial charge in [-0.1, -0.05) is 29.8 Å². The Bertz CT molecular complexity index is 335. The fraction of sp³-hybridized carbons (Fsp3) is 0.333. The van der Waals surface area contributed by atoms with Crippen LogP contribution in [0.3, 0.4) is 0 Å². The van der Waals surface area contributed by atoms with Crippen LogP contribution in [-0.4, -0.2) is 11.3 Å². The monoisotopic (exact) mass is 224 g/mol. The minimum atomic E-state index is -4.68. The molecule has 0 heterocycles. The summed E-state index contributed by atoms with van der Waals surface area (Å²) in [5.41, 5.74) is 0.201. The third kappa shape index (κ3) is 2.19. The number of aliphatic hydroxyl groups excluding tert-OH is 1. The molecule has 0 saturated carbocycles. The van der Waals surface area contributed by atoms with E-state index >= 15 is 0 Å². The molecule has 0 aliphatic carbocycles. The molecule has 5 heteroatoms. The lowest BCUT2D eigenvalue weighted by molar-refractivity contribution is -0.206. The van der Waals surface area contributed by atoms with Crippen LogP contribution in [0, 0.1) is 6.92 Å². The summed E-state index contributed by atoms with van der Waals surface area (Å²) in [6, 6.07) is 4.16. The van der Waals surface area contributed by atoms with Gasteiger partial charge in [-0.05, 0) is 12.5 Å². The van der Waals surface area contributed by atoms with E-state index in [2.05, 4.69) is 0 Å². The van der Waals surface area contributed by atoms with Gasteiger partial charge in [0.05, 0.1) is 0 Å². The van der Waals surface area contributed by atoms with Crippen molar-refractivity contribution in [3.05, 3.63) is 34.3 Å². The van der Waals surface area contributed by atoms with E-state index in [9.17, 15) is 13.2 Å². The molecular weight excluding hydrogens is 217 g/mol. The molecule has 0 aromatic heterocycles. The van der Waals surface area contributed by atoms with Gasteiger partial charge < -0.3 is 5.11 Å². The first kappa shape index (κ1) is 11.3. The van der Waals surface area contributed by atoms with Crippen molar-refractivity contribution in [1.29, 1.82) is 0 Å². The van der Waals surface area contributed by atoms with Crippen molar-refractivity contribution < 1.29 is 18.3 Å². The summed E-state index contributed by atoms with van der Waals surface area (Å²) in [4.78, 5) is 0. The summed E-state index contributed by atoms with van der Waals surface area (Å²) in [6.07, 6.45) is -7.20. The van der Waals surface area contributed by atoms with Gasteiger partial charge in [0.1, 0.15) is 0 Å². The molecule has 0 aliphatic heterocycles. The van der Waals surface area contributed by atoms with Gasteiger partial charge in [-0.2, -0.15) is 13.2 Å². The van der Waals surface area contributed by atoms with Crippen molar-refractivity contribution in [3.8, 4) is 0 Å². The lowest BCUT2D eigenvalue weighted by Crippen LogP contribution is -2.20. The molecule has 1 N–H and O–H groups in total. The molecule has 1 atom stereocenters. The topological polar surface area (TPSA) is 20.2 Å². The fourth-order valence-electron chi connectivity index (χ4n) is 1.06. The van der Waals surface area contributed by atoms with E-state index in [0.717, 1.165) is 6.07 Å². The Hall–Kier alpha value is -0.740. The highest BCUT2D eigenvalue weighted by atomic mass is 35.5. The summed E-state index contributed by atoms with van der Waals surface area (Å²) < 4.78 is 36.4. The Morgan fingerprint density at radius 3 is 2.43 bits per heavy atom. The Kier molecular flexibility index (Phi) is 3.07. The maximum absolute atomic E-state index is 12.1. The minimum absolute atomic E-state index is 0.0441. The molecular formula is C9H8ClF3O. The molecule has 0 aliphatic rings. The highest BCUT2D eigenvalue weighted by molar-refractivity contribution is 6.32. The maximum atomic E-state index is 12.1. The highest BCUT2D eigenvalue weighted by Gasteiger charge is 2.40. The molecule has 0 spiro atoms. The Labute approximate surface area is 84.1 Å². The van der Waals surface area contributed by atoms with Crippen molar-refractivity contribution in [2.24, 2.45) is 0 Å². The Balaban J connectivity index is 3.14. The lowest BCUT2D eigenvalue weighted by Gasteiger charge is -2.16. The van der Waals surface area contributed by atoms with Crippen molar-refractivity contribution in [2.45, 2.75) is 19.2 Å². The second kappa shape index (κ2) is 3.79. The van der Waals surface area contributed by atoms with Crippen LogP contribution >= 0.6 is 11.6 Å². The second-order valence-corrected chi connectivity index (χ2v) is 3.30. The van der Waals surface area contributed by atoms with Gasteiger partial charge in [0, 0.05) is 10.6 Å². The fourth-order valence-corrected chi connectivity index (χ4v) is 1.29. The van der Waals surface area contributed by atoms with Crippen LogP contribution in [0.25, 0.3) is 0 Å². The van der Waals surface area contributed by atoms with Crippen LogP contribution in [0.4, 0.5) is 13.2 Å². The van der Waals surface area contributed by atoms with Gasteiger partial charge in [0.15, 0.2) is 6.10 Å². The SMILES string of the molecule is Cc1cccc([C@@H](O)C(F)(F)F)c1Cl. The average molecular weight is 225 g/mol. The second-order valence-electron chi connectivity index (χ2n) is 2.92. The highest BCUT2D eigenvalue weighted by Crippen LogP contribution is 2.36.